The van der Waals surface area contributed by atoms with Gasteiger partial charge in [-0.3, -0.25) is 0 Å². The summed E-state index contributed by atoms with van der Waals surface area (Å²) in [5.74, 6) is 0.552. The van der Waals surface area contributed by atoms with Crippen molar-refractivity contribution in [1.29, 1.82) is 0 Å². The molecule has 0 atom stereocenters. The first-order valence-corrected chi connectivity index (χ1v) is 6.00. The molecule has 0 saturated carbocycles. The van der Waals surface area contributed by atoms with E-state index in [1.165, 1.54) is 0 Å². The standard InChI is InChI=1S/C7H15NO3S/c9-5-1-2-8-3-6-12(10,11)7-4-8/h9H,1-7H2. The second kappa shape index (κ2) is 4.20. The molecule has 0 radical (unpaired) electrons. The Balaban J connectivity index is 2.27. The van der Waals surface area contributed by atoms with Crippen molar-refractivity contribution in [2.24, 2.45) is 0 Å². The minimum absolute atomic E-state index is 0.184. The van der Waals surface area contributed by atoms with E-state index in [1.54, 1.807) is 0 Å². The summed E-state index contributed by atoms with van der Waals surface area (Å²) in [5, 5.41) is 8.55. The lowest BCUT2D eigenvalue weighted by molar-refractivity contribution is 0.233. The van der Waals surface area contributed by atoms with Gasteiger partial charge in [0.15, 0.2) is 9.84 Å². The van der Waals surface area contributed by atoms with Crippen molar-refractivity contribution in [1.82, 2.24) is 4.90 Å². The molecule has 72 valence electrons. The van der Waals surface area contributed by atoms with Crippen molar-refractivity contribution >= 4 is 9.84 Å². The third-order valence-corrected chi connectivity index (χ3v) is 3.68. The van der Waals surface area contributed by atoms with Gasteiger partial charge in [0, 0.05) is 26.2 Å². The van der Waals surface area contributed by atoms with Gasteiger partial charge in [-0.25, -0.2) is 8.42 Å². The van der Waals surface area contributed by atoms with Crippen molar-refractivity contribution in [3.63, 3.8) is 0 Å². The maximum Gasteiger partial charge on any atom is 0.152 e. The van der Waals surface area contributed by atoms with Crippen LogP contribution in [0, 0.1) is 0 Å². The first-order chi connectivity index (χ1) is 5.64. The second-order valence-corrected chi connectivity index (χ2v) is 5.37. The lowest BCUT2D eigenvalue weighted by Crippen LogP contribution is -2.40. The van der Waals surface area contributed by atoms with Crippen LogP contribution in [0.4, 0.5) is 0 Å². The van der Waals surface area contributed by atoms with E-state index < -0.39 is 9.84 Å². The molecule has 5 heteroatoms. The van der Waals surface area contributed by atoms with Crippen LogP contribution in [0.3, 0.4) is 0 Å². The Hall–Kier alpha value is -0.130. The van der Waals surface area contributed by atoms with Gasteiger partial charge in [-0.05, 0) is 6.42 Å². The molecular weight excluding hydrogens is 178 g/mol. The van der Waals surface area contributed by atoms with E-state index in [-0.39, 0.29) is 18.1 Å². The summed E-state index contributed by atoms with van der Waals surface area (Å²) >= 11 is 0. The van der Waals surface area contributed by atoms with Crippen LogP contribution in [0.15, 0.2) is 0 Å². The van der Waals surface area contributed by atoms with Gasteiger partial charge in [-0.1, -0.05) is 0 Å². The molecule has 0 aromatic rings. The first-order valence-electron chi connectivity index (χ1n) is 4.18. The molecule has 0 aromatic heterocycles. The Morgan fingerprint density at radius 1 is 1.25 bits per heavy atom. The largest absolute Gasteiger partial charge is 0.396 e. The maximum atomic E-state index is 11.0. The SMILES string of the molecule is O=S1(=O)CCN(CCCO)CC1. The van der Waals surface area contributed by atoms with Crippen LogP contribution in [0.2, 0.25) is 0 Å². The van der Waals surface area contributed by atoms with Crippen molar-refractivity contribution < 1.29 is 13.5 Å². The normalized spacial score (nSPS) is 24.1. The molecule has 12 heavy (non-hydrogen) atoms. The molecule has 0 spiro atoms. The van der Waals surface area contributed by atoms with Gasteiger partial charge < -0.3 is 10.0 Å². The summed E-state index contributed by atoms with van der Waals surface area (Å²) in [6.07, 6.45) is 0.736. The van der Waals surface area contributed by atoms with E-state index in [9.17, 15) is 8.42 Å². The lowest BCUT2D eigenvalue weighted by Gasteiger charge is -2.25. The van der Waals surface area contributed by atoms with E-state index in [0.29, 0.717) is 13.1 Å². The topological polar surface area (TPSA) is 57.6 Å². The smallest absolute Gasteiger partial charge is 0.152 e. The van der Waals surface area contributed by atoms with Crippen LogP contribution in [0.1, 0.15) is 6.42 Å². The third kappa shape index (κ3) is 3.08. The van der Waals surface area contributed by atoms with Crippen molar-refractivity contribution in [2.75, 3.05) is 37.7 Å². The third-order valence-electron chi connectivity index (χ3n) is 2.07. The van der Waals surface area contributed by atoms with E-state index in [1.807, 2.05) is 0 Å². The molecule has 1 fully saturated rings. The summed E-state index contributed by atoms with van der Waals surface area (Å²) in [4.78, 5) is 2.08. The fourth-order valence-corrected chi connectivity index (χ4v) is 2.55. The zero-order valence-corrected chi connectivity index (χ0v) is 7.89. The van der Waals surface area contributed by atoms with Crippen LogP contribution >= 0.6 is 0 Å². The molecular formula is C7H15NO3S. The molecule has 0 unspecified atom stereocenters. The van der Waals surface area contributed by atoms with E-state index >= 15 is 0 Å². The number of aliphatic hydroxyl groups excluding tert-OH is 1. The van der Waals surface area contributed by atoms with E-state index in [0.717, 1.165) is 13.0 Å². The first kappa shape index (κ1) is 9.95. The average Bonchev–Trinajstić information content (AvgIpc) is 2.03. The Bertz CT molecular complexity index is 211. The molecule has 0 bridgehead atoms. The van der Waals surface area contributed by atoms with Crippen LogP contribution in [-0.2, 0) is 9.84 Å². The predicted molar refractivity (Wildman–Crippen MR) is 46.8 cm³/mol. The van der Waals surface area contributed by atoms with Gasteiger partial charge >= 0.3 is 0 Å². The fraction of sp³-hybridized carbons (Fsp3) is 1.00. The molecule has 1 aliphatic heterocycles. The molecule has 1 rings (SSSR count). The maximum absolute atomic E-state index is 11.0. The van der Waals surface area contributed by atoms with Gasteiger partial charge in [0.25, 0.3) is 0 Å². The number of aliphatic hydroxyl groups is 1. The predicted octanol–water partition coefficient (Wildman–Crippen LogP) is -0.901. The Kier molecular flexibility index (Phi) is 3.49. The van der Waals surface area contributed by atoms with Crippen molar-refractivity contribution in [3.05, 3.63) is 0 Å². The average molecular weight is 193 g/mol. The number of sulfone groups is 1. The van der Waals surface area contributed by atoms with E-state index in [4.69, 9.17) is 5.11 Å². The van der Waals surface area contributed by atoms with Crippen LogP contribution in [0.5, 0.6) is 0 Å². The quantitative estimate of drug-likeness (QED) is 0.631. The Morgan fingerprint density at radius 3 is 2.33 bits per heavy atom. The molecule has 1 heterocycles. The molecule has 4 nitrogen and oxygen atoms in total. The number of hydrogen-bond acceptors (Lipinski definition) is 4. The molecule has 1 N–H and O–H groups in total. The number of rotatable bonds is 3. The minimum Gasteiger partial charge on any atom is -0.396 e. The minimum atomic E-state index is -2.74. The van der Waals surface area contributed by atoms with Crippen LogP contribution in [-0.4, -0.2) is 56.2 Å². The molecule has 1 saturated heterocycles. The van der Waals surface area contributed by atoms with Gasteiger partial charge in [0.05, 0.1) is 11.5 Å². The highest BCUT2D eigenvalue weighted by molar-refractivity contribution is 7.91. The summed E-state index contributed by atoms with van der Waals surface area (Å²) in [6, 6.07) is 0. The summed E-state index contributed by atoms with van der Waals surface area (Å²) in [5.41, 5.74) is 0. The Morgan fingerprint density at radius 2 is 1.83 bits per heavy atom. The molecule has 1 aliphatic rings. The molecule has 0 aromatic carbocycles. The van der Waals surface area contributed by atoms with E-state index in [2.05, 4.69) is 4.90 Å². The highest BCUT2D eigenvalue weighted by Gasteiger charge is 2.20. The van der Waals surface area contributed by atoms with Gasteiger partial charge in [-0.2, -0.15) is 0 Å². The zero-order chi connectivity index (χ0) is 9.03. The van der Waals surface area contributed by atoms with Crippen molar-refractivity contribution in [2.45, 2.75) is 6.42 Å². The fourth-order valence-electron chi connectivity index (χ4n) is 1.27. The summed E-state index contributed by atoms with van der Waals surface area (Å²) in [7, 11) is -2.74. The van der Waals surface area contributed by atoms with Crippen LogP contribution < -0.4 is 0 Å². The summed E-state index contributed by atoms with van der Waals surface area (Å²) in [6.45, 7) is 2.25. The van der Waals surface area contributed by atoms with Gasteiger partial charge in [-0.15, -0.1) is 0 Å². The zero-order valence-electron chi connectivity index (χ0n) is 7.07. The highest BCUT2D eigenvalue weighted by atomic mass is 32.2. The lowest BCUT2D eigenvalue weighted by atomic mass is 10.4. The number of hydrogen-bond donors (Lipinski definition) is 1. The Labute approximate surface area is 73.1 Å². The van der Waals surface area contributed by atoms with Gasteiger partial charge in [0.2, 0.25) is 0 Å². The number of nitrogens with zero attached hydrogens (tertiary/aromatic N) is 1. The van der Waals surface area contributed by atoms with Crippen LogP contribution in [0.25, 0.3) is 0 Å². The van der Waals surface area contributed by atoms with Gasteiger partial charge in [0.1, 0.15) is 0 Å². The highest BCUT2D eigenvalue weighted by Crippen LogP contribution is 2.03. The molecule has 0 amide bonds. The summed E-state index contributed by atoms with van der Waals surface area (Å²) < 4.78 is 22.0. The second-order valence-electron chi connectivity index (χ2n) is 3.07. The monoisotopic (exact) mass is 193 g/mol. The van der Waals surface area contributed by atoms with Crippen molar-refractivity contribution in [3.8, 4) is 0 Å². The molecule has 0 aliphatic carbocycles.